The number of hydrogen-bond acceptors (Lipinski definition) is 2. The number of aryl methyl sites for hydroxylation is 1. The minimum absolute atomic E-state index is 0.233. The van der Waals surface area contributed by atoms with E-state index in [0.717, 1.165) is 30.7 Å². The van der Waals surface area contributed by atoms with Gasteiger partial charge in [0.15, 0.2) is 0 Å². The first kappa shape index (κ1) is 14.6. The lowest BCUT2D eigenvalue weighted by Gasteiger charge is -2.28. The Morgan fingerprint density at radius 2 is 1.90 bits per heavy atom. The Bertz CT molecular complexity index is 637. The zero-order valence-electron chi connectivity index (χ0n) is 11.8. The number of nitrogens with one attached hydrogen (secondary N) is 1. The molecule has 0 aliphatic heterocycles. The molecule has 1 N–H and O–H groups in total. The monoisotopic (exact) mass is 321 g/mol. The zero-order valence-corrected chi connectivity index (χ0v) is 13.3. The lowest BCUT2D eigenvalue weighted by molar-refractivity contribution is 0.413. The van der Waals surface area contributed by atoms with Crippen LogP contribution in [0.5, 0.6) is 5.75 Å². The van der Waals surface area contributed by atoms with Crippen molar-refractivity contribution in [2.24, 2.45) is 0 Å². The molecule has 0 saturated carbocycles. The third-order valence-electron chi connectivity index (χ3n) is 3.95. The van der Waals surface area contributed by atoms with E-state index < -0.39 is 0 Å². The molecule has 1 atom stereocenters. The fourth-order valence-corrected chi connectivity index (χ4v) is 3.38. The number of methoxy groups -OCH3 is 1. The van der Waals surface area contributed by atoms with Gasteiger partial charge in [-0.1, -0.05) is 35.3 Å². The molecule has 2 aromatic rings. The van der Waals surface area contributed by atoms with E-state index in [4.69, 9.17) is 27.9 Å². The number of hydrogen-bond donors (Lipinski definition) is 1. The molecule has 1 aliphatic carbocycles. The summed E-state index contributed by atoms with van der Waals surface area (Å²) in [5.41, 5.74) is 3.45. The van der Waals surface area contributed by atoms with E-state index in [-0.39, 0.29) is 6.04 Å². The van der Waals surface area contributed by atoms with Gasteiger partial charge < -0.3 is 10.1 Å². The molecule has 0 saturated heterocycles. The van der Waals surface area contributed by atoms with Crippen LogP contribution in [0.2, 0.25) is 10.0 Å². The standard InChI is InChI=1S/C17H17Cl2NO/c1-21-12-8-9-13-11(10-12)4-2-7-16(13)20-17-14(18)5-3-6-15(17)19/h3,5-6,8-10,16,20H,2,4,7H2,1H3. The molecule has 2 aromatic carbocycles. The molecule has 0 radical (unpaired) electrons. The highest BCUT2D eigenvalue weighted by atomic mass is 35.5. The lowest BCUT2D eigenvalue weighted by atomic mass is 9.87. The van der Waals surface area contributed by atoms with Crippen molar-refractivity contribution in [3.05, 3.63) is 57.6 Å². The molecule has 0 aromatic heterocycles. The summed E-state index contributed by atoms with van der Waals surface area (Å²) in [4.78, 5) is 0. The predicted octanol–water partition coefficient (Wildman–Crippen LogP) is 5.49. The Hall–Kier alpha value is -1.38. The summed E-state index contributed by atoms with van der Waals surface area (Å²) < 4.78 is 5.31. The maximum Gasteiger partial charge on any atom is 0.119 e. The van der Waals surface area contributed by atoms with Crippen molar-refractivity contribution in [2.75, 3.05) is 12.4 Å². The van der Waals surface area contributed by atoms with Gasteiger partial charge in [0, 0.05) is 0 Å². The summed E-state index contributed by atoms with van der Waals surface area (Å²) in [5.74, 6) is 0.908. The molecule has 0 amide bonds. The highest BCUT2D eigenvalue weighted by molar-refractivity contribution is 6.39. The number of ether oxygens (including phenoxy) is 1. The molecule has 1 aliphatic rings. The fraction of sp³-hybridized carbons (Fsp3) is 0.294. The van der Waals surface area contributed by atoms with E-state index in [2.05, 4.69) is 17.4 Å². The van der Waals surface area contributed by atoms with Gasteiger partial charge in [0.05, 0.1) is 28.9 Å². The molecule has 0 fully saturated rings. The Balaban J connectivity index is 1.92. The normalized spacial score (nSPS) is 17.2. The summed E-state index contributed by atoms with van der Waals surface area (Å²) in [6.07, 6.45) is 3.29. The lowest BCUT2D eigenvalue weighted by Crippen LogP contribution is -2.17. The maximum atomic E-state index is 6.26. The van der Waals surface area contributed by atoms with Crippen LogP contribution >= 0.6 is 23.2 Å². The first-order valence-corrected chi connectivity index (χ1v) is 7.82. The van der Waals surface area contributed by atoms with Gasteiger partial charge in [-0.05, 0) is 54.7 Å². The van der Waals surface area contributed by atoms with Gasteiger partial charge in [0.2, 0.25) is 0 Å². The van der Waals surface area contributed by atoms with Gasteiger partial charge >= 0.3 is 0 Å². The second-order valence-corrected chi connectivity index (χ2v) is 6.06. The first-order chi connectivity index (χ1) is 10.2. The fourth-order valence-electron chi connectivity index (χ4n) is 2.88. The second-order valence-electron chi connectivity index (χ2n) is 5.25. The topological polar surface area (TPSA) is 21.3 Å². The molecule has 0 spiro atoms. The summed E-state index contributed by atoms with van der Waals surface area (Å²) in [5, 5.41) is 4.82. The van der Waals surface area contributed by atoms with Crippen molar-refractivity contribution in [2.45, 2.75) is 25.3 Å². The molecule has 3 rings (SSSR count). The molecule has 2 nitrogen and oxygen atoms in total. The third-order valence-corrected chi connectivity index (χ3v) is 4.58. The van der Waals surface area contributed by atoms with Gasteiger partial charge in [0.1, 0.15) is 5.75 Å². The average Bonchev–Trinajstić information content (AvgIpc) is 2.50. The molecule has 4 heteroatoms. The number of halogens is 2. The van der Waals surface area contributed by atoms with Gasteiger partial charge in [-0.2, -0.15) is 0 Å². The quantitative estimate of drug-likeness (QED) is 0.806. The van der Waals surface area contributed by atoms with E-state index in [1.807, 2.05) is 24.3 Å². The number of fused-ring (bicyclic) bond motifs is 1. The first-order valence-electron chi connectivity index (χ1n) is 7.06. The highest BCUT2D eigenvalue weighted by Gasteiger charge is 2.22. The van der Waals surface area contributed by atoms with Crippen molar-refractivity contribution >= 4 is 28.9 Å². The van der Waals surface area contributed by atoms with Crippen LogP contribution in [0.25, 0.3) is 0 Å². The van der Waals surface area contributed by atoms with Crippen molar-refractivity contribution in [3.63, 3.8) is 0 Å². The van der Waals surface area contributed by atoms with Gasteiger partial charge in [-0.25, -0.2) is 0 Å². The van der Waals surface area contributed by atoms with Crippen LogP contribution in [0, 0.1) is 0 Å². The minimum Gasteiger partial charge on any atom is -0.497 e. The summed E-state index contributed by atoms with van der Waals surface area (Å²) in [6, 6.07) is 12.1. The number of para-hydroxylation sites is 1. The maximum absolute atomic E-state index is 6.26. The van der Waals surface area contributed by atoms with Crippen LogP contribution < -0.4 is 10.1 Å². The molecule has 0 heterocycles. The highest BCUT2D eigenvalue weighted by Crippen LogP contribution is 2.38. The van der Waals surface area contributed by atoms with Crippen LogP contribution in [0.1, 0.15) is 30.0 Å². The minimum atomic E-state index is 0.233. The van der Waals surface area contributed by atoms with E-state index in [1.54, 1.807) is 7.11 Å². The molecule has 1 unspecified atom stereocenters. The zero-order chi connectivity index (χ0) is 14.8. The molecular weight excluding hydrogens is 305 g/mol. The summed E-state index contributed by atoms with van der Waals surface area (Å²) >= 11 is 12.5. The van der Waals surface area contributed by atoms with E-state index in [9.17, 15) is 0 Å². The van der Waals surface area contributed by atoms with Crippen LogP contribution in [-0.4, -0.2) is 7.11 Å². The Morgan fingerprint density at radius 1 is 1.14 bits per heavy atom. The smallest absolute Gasteiger partial charge is 0.119 e. The summed E-state index contributed by atoms with van der Waals surface area (Å²) in [6.45, 7) is 0. The van der Waals surface area contributed by atoms with Crippen LogP contribution in [-0.2, 0) is 6.42 Å². The van der Waals surface area contributed by atoms with Crippen molar-refractivity contribution in [1.82, 2.24) is 0 Å². The van der Waals surface area contributed by atoms with Crippen LogP contribution in [0.4, 0.5) is 5.69 Å². The second kappa shape index (κ2) is 6.17. The van der Waals surface area contributed by atoms with Gasteiger partial charge in [-0.15, -0.1) is 0 Å². The van der Waals surface area contributed by atoms with E-state index >= 15 is 0 Å². The molecular formula is C17H17Cl2NO. The number of rotatable bonds is 3. The van der Waals surface area contributed by atoms with Crippen LogP contribution in [0.15, 0.2) is 36.4 Å². The SMILES string of the molecule is COc1ccc2c(c1)CCCC2Nc1c(Cl)cccc1Cl. The molecule has 21 heavy (non-hydrogen) atoms. The number of benzene rings is 2. The van der Waals surface area contributed by atoms with Crippen LogP contribution in [0.3, 0.4) is 0 Å². The van der Waals surface area contributed by atoms with Gasteiger partial charge in [-0.3, -0.25) is 0 Å². The Morgan fingerprint density at radius 3 is 2.62 bits per heavy atom. The average molecular weight is 322 g/mol. The van der Waals surface area contributed by atoms with Gasteiger partial charge in [0.25, 0.3) is 0 Å². The largest absolute Gasteiger partial charge is 0.497 e. The number of anilines is 1. The summed E-state index contributed by atoms with van der Waals surface area (Å²) in [7, 11) is 1.70. The predicted molar refractivity (Wildman–Crippen MR) is 88.8 cm³/mol. The van der Waals surface area contributed by atoms with E-state index in [1.165, 1.54) is 11.1 Å². The molecule has 110 valence electrons. The third kappa shape index (κ3) is 2.97. The van der Waals surface area contributed by atoms with Crippen molar-refractivity contribution in [3.8, 4) is 5.75 Å². The van der Waals surface area contributed by atoms with Crippen molar-refractivity contribution < 1.29 is 4.74 Å². The van der Waals surface area contributed by atoms with Crippen molar-refractivity contribution in [1.29, 1.82) is 0 Å². The Labute approximate surface area is 135 Å². The Kier molecular flexibility index (Phi) is 4.27. The molecule has 0 bridgehead atoms. The van der Waals surface area contributed by atoms with E-state index in [0.29, 0.717) is 10.0 Å².